The normalized spacial score (nSPS) is 22.2. The average molecular weight is 630 g/mol. The minimum Gasteiger partial charge on any atom is -0.478 e. The third kappa shape index (κ3) is 11.2. The van der Waals surface area contributed by atoms with E-state index in [-0.39, 0.29) is 41.9 Å². The molecule has 1 saturated heterocycles. The molecule has 1 saturated carbocycles. The van der Waals surface area contributed by atoms with Gasteiger partial charge in [-0.25, -0.2) is 14.4 Å². The summed E-state index contributed by atoms with van der Waals surface area (Å²) < 4.78 is 42.9. The smallest absolute Gasteiger partial charge is 0.416 e. The molecule has 4 amide bonds. The van der Waals surface area contributed by atoms with Gasteiger partial charge in [0, 0.05) is 24.7 Å². The van der Waals surface area contributed by atoms with Gasteiger partial charge in [0.2, 0.25) is 5.91 Å². The highest BCUT2D eigenvalue weighted by atomic mass is 19.4. The first kappa shape index (κ1) is 36.6. The number of amides is 4. The van der Waals surface area contributed by atoms with Crippen molar-refractivity contribution in [1.82, 2.24) is 15.5 Å². The molecular weight excluding hydrogens is 583 g/mol. The van der Waals surface area contributed by atoms with Crippen molar-refractivity contribution < 1.29 is 42.2 Å². The van der Waals surface area contributed by atoms with Crippen LogP contribution in [0, 0.1) is 5.92 Å². The summed E-state index contributed by atoms with van der Waals surface area (Å²) in [6.45, 7) is 11.9. The Labute approximate surface area is 256 Å². The number of anilines is 1. The molecule has 14 heteroatoms. The van der Waals surface area contributed by atoms with Crippen LogP contribution in [-0.2, 0) is 15.7 Å². The predicted octanol–water partition coefficient (Wildman–Crippen LogP) is 5.34. The van der Waals surface area contributed by atoms with E-state index < -0.39 is 34.9 Å². The van der Waals surface area contributed by atoms with E-state index in [2.05, 4.69) is 22.9 Å². The van der Waals surface area contributed by atoms with E-state index in [0.717, 1.165) is 51.1 Å². The number of alkyl carbamates (subject to hydrolysis) is 1. The molecule has 0 bridgehead atoms. The summed E-state index contributed by atoms with van der Waals surface area (Å²) in [5, 5.41) is 16.6. The number of ether oxygens (including phenoxy) is 1. The molecule has 44 heavy (non-hydrogen) atoms. The Kier molecular flexibility index (Phi) is 12.9. The molecule has 0 unspecified atom stereocenters. The number of likely N-dealkylation sites (tertiary alicyclic amines) is 1. The summed E-state index contributed by atoms with van der Waals surface area (Å²) in [6.07, 6.45) is 0.602. The van der Waals surface area contributed by atoms with Gasteiger partial charge in [-0.15, -0.1) is 0 Å². The Hall–Kier alpha value is -3.55. The van der Waals surface area contributed by atoms with Gasteiger partial charge in [0.1, 0.15) is 5.60 Å². The third-order valence-electron chi connectivity index (χ3n) is 7.25. The van der Waals surface area contributed by atoms with Gasteiger partial charge in [-0.2, -0.15) is 13.2 Å². The van der Waals surface area contributed by atoms with Crippen molar-refractivity contribution in [3.63, 3.8) is 0 Å². The molecule has 1 aliphatic heterocycles. The van der Waals surface area contributed by atoms with Crippen molar-refractivity contribution in [2.45, 2.75) is 116 Å². The van der Waals surface area contributed by atoms with E-state index in [0.29, 0.717) is 18.1 Å². The fraction of sp³-hybridized carbons (Fsp3) is 0.667. The minimum absolute atomic E-state index is 0.0969. The number of benzene rings is 1. The molecule has 4 atom stereocenters. The Balaban J connectivity index is 0.000000312. The van der Waals surface area contributed by atoms with E-state index in [1.807, 2.05) is 25.7 Å². The lowest BCUT2D eigenvalue weighted by Gasteiger charge is -2.41. The van der Waals surface area contributed by atoms with Crippen molar-refractivity contribution in [2.24, 2.45) is 11.7 Å². The first-order chi connectivity index (χ1) is 20.3. The van der Waals surface area contributed by atoms with Crippen LogP contribution in [0.5, 0.6) is 0 Å². The lowest BCUT2D eigenvalue weighted by molar-refractivity contribution is -0.137. The second-order valence-corrected chi connectivity index (χ2v) is 12.5. The molecule has 6 N–H and O–H groups in total. The van der Waals surface area contributed by atoms with E-state index in [9.17, 15) is 32.3 Å². The van der Waals surface area contributed by atoms with Crippen LogP contribution in [0.3, 0.4) is 0 Å². The highest BCUT2D eigenvalue weighted by molar-refractivity contribution is 6.00. The lowest BCUT2D eigenvalue weighted by atomic mass is 9.78. The SMILES string of the molecule is CC(C)NC(=O)Nc1ccc(C(F)(F)F)cc1C(=O)O.CCC[C@@H]1C[C@H](NC(=O)OC(C)(C)C)CC[C@@H]1N1CC[C@H](N)C1=O. The molecule has 2 fully saturated rings. The maximum Gasteiger partial charge on any atom is 0.416 e. The third-order valence-corrected chi connectivity index (χ3v) is 7.25. The fourth-order valence-corrected chi connectivity index (χ4v) is 5.43. The van der Waals surface area contributed by atoms with Crippen molar-refractivity contribution >= 4 is 29.7 Å². The van der Waals surface area contributed by atoms with Crippen LogP contribution in [0.4, 0.5) is 28.4 Å². The first-order valence-corrected chi connectivity index (χ1v) is 14.9. The number of hydrogen-bond acceptors (Lipinski definition) is 6. The van der Waals surface area contributed by atoms with Gasteiger partial charge in [-0.05, 0) is 90.8 Å². The fourth-order valence-electron chi connectivity index (χ4n) is 5.43. The number of aromatic carboxylic acids is 1. The van der Waals surface area contributed by atoms with Gasteiger partial charge in [-0.3, -0.25) is 4.79 Å². The Bertz CT molecular complexity index is 1170. The van der Waals surface area contributed by atoms with Crippen LogP contribution >= 0.6 is 0 Å². The first-order valence-electron chi connectivity index (χ1n) is 14.9. The molecule has 3 rings (SSSR count). The van der Waals surface area contributed by atoms with Crippen molar-refractivity contribution in [1.29, 1.82) is 0 Å². The molecule has 1 aliphatic carbocycles. The van der Waals surface area contributed by atoms with Gasteiger partial charge < -0.3 is 36.4 Å². The summed E-state index contributed by atoms with van der Waals surface area (Å²) in [6, 6.07) is 1.27. The minimum atomic E-state index is -4.65. The molecule has 1 heterocycles. The molecule has 1 aromatic rings. The molecule has 0 aromatic heterocycles. The largest absolute Gasteiger partial charge is 0.478 e. The summed E-state index contributed by atoms with van der Waals surface area (Å²) in [5.74, 6) is -1.05. The number of nitrogens with two attached hydrogens (primary N) is 1. The number of halogens is 3. The van der Waals surface area contributed by atoms with Crippen LogP contribution in [0.25, 0.3) is 0 Å². The highest BCUT2D eigenvalue weighted by Crippen LogP contribution is 2.34. The highest BCUT2D eigenvalue weighted by Gasteiger charge is 2.40. The van der Waals surface area contributed by atoms with Crippen LogP contribution in [-0.4, -0.2) is 70.3 Å². The average Bonchev–Trinajstić information content (AvgIpc) is 3.20. The van der Waals surface area contributed by atoms with Crippen molar-refractivity contribution in [2.75, 3.05) is 11.9 Å². The standard InChI is InChI=1S/C18H33N3O3.C12H13F3N2O3/c1-5-6-12-11-13(20-17(23)24-18(2,3)4)7-8-15(12)21-10-9-14(19)16(21)22;1-6(2)16-11(20)17-9-4-3-7(12(13,14)15)5-8(9)10(18)19/h12-15H,5-11,19H2,1-4H3,(H,20,23);3-6H,1-2H3,(H,18,19)(H2,16,17,20)/t12-,13-,14+,15+;/m1./s1. The molecule has 2 aliphatic rings. The zero-order chi connectivity index (χ0) is 33.4. The lowest BCUT2D eigenvalue weighted by Crippen LogP contribution is -2.51. The predicted molar refractivity (Wildman–Crippen MR) is 159 cm³/mol. The van der Waals surface area contributed by atoms with Crippen LogP contribution in [0.15, 0.2) is 18.2 Å². The summed E-state index contributed by atoms with van der Waals surface area (Å²) in [7, 11) is 0. The van der Waals surface area contributed by atoms with Gasteiger partial charge in [0.15, 0.2) is 0 Å². The van der Waals surface area contributed by atoms with Gasteiger partial charge in [-0.1, -0.05) is 13.3 Å². The van der Waals surface area contributed by atoms with Crippen LogP contribution < -0.4 is 21.7 Å². The topological polar surface area (TPSA) is 163 Å². The number of carbonyl (C=O) groups excluding carboxylic acids is 3. The van der Waals surface area contributed by atoms with Crippen molar-refractivity contribution in [3.8, 4) is 0 Å². The number of hydrogen-bond donors (Lipinski definition) is 5. The second-order valence-electron chi connectivity index (χ2n) is 12.5. The molecule has 1 aromatic carbocycles. The summed E-state index contributed by atoms with van der Waals surface area (Å²) >= 11 is 0. The van der Waals surface area contributed by atoms with Gasteiger partial charge >= 0.3 is 24.3 Å². The number of urea groups is 1. The number of carboxylic acid groups (broad SMARTS) is 1. The molecule has 0 spiro atoms. The van der Waals surface area contributed by atoms with E-state index in [1.54, 1.807) is 13.8 Å². The number of rotatable bonds is 7. The quantitative estimate of drug-likeness (QED) is 0.272. The number of carbonyl (C=O) groups is 4. The maximum atomic E-state index is 12.5. The molecule has 0 radical (unpaired) electrons. The number of nitrogens with zero attached hydrogens (tertiary/aromatic N) is 1. The Morgan fingerprint density at radius 3 is 2.30 bits per heavy atom. The second kappa shape index (κ2) is 15.4. The van der Waals surface area contributed by atoms with Gasteiger partial charge in [0.05, 0.1) is 22.9 Å². The Morgan fingerprint density at radius 1 is 1.14 bits per heavy atom. The summed E-state index contributed by atoms with van der Waals surface area (Å²) in [5.41, 5.74) is 3.47. The molecule has 248 valence electrons. The van der Waals surface area contributed by atoms with Gasteiger partial charge in [0.25, 0.3) is 0 Å². The molecular formula is C30H46F3N5O6. The number of carboxylic acids is 1. The molecule has 11 nitrogen and oxygen atoms in total. The summed E-state index contributed by atoms with van der Waals surface area (Å²) in [4.78, 5) is 48.7. The monoisotopic (exact) mass is 629 g/mol. The van der Waals surface area contributed by atoms with E-state index >= 15 is 0 Å². The van der Waals surface area contributed by atoms with Crippen LogP contribution in [0.2, 0.25) is 0 Å². The zero-order valence-corrected chi connectivity index (χ0v) is 26.2. The van der Waals surface area contributed by atoms with E-state index in [4.69, 9.17) is 15.6 Å². The zero-order valence-electron chi connectivity index (χ0n) is 26.2. The van der Waals surface area contributed by atoms with Crippen LogP contribution in [0.1, 0.15) is 96.0 Å². The number of alkyl halides is 3. The van der Waals surface area contributed by atoms with Crippen molar-refractivity contribution in [3.05, 3.63) is 29.3 Å². The number of nitrogens with one attached hydrogen (secondary N) is 3. The van der Waals surface area contributed by atoms with E-state index in [1.165, 1.54) is 0 Å². The maximum absolute atomic E-state index is 12.5. The Morgan fingerprint density at radius 2 is 1.80 bits per heavy atom.